The zero-order valence-electron chi connectivity index (χ0n) is 10.2. The molecule has 1 aromatic carbocycles. The van der Waals surface area contributed by atoms with E-state index in [2.05, 4.69) is 37.4 Å². The fraction of sp³-hybridized carbons (Fsp3) is 0.462. The van der Waals surface area contributed by atoms with Gasteiger partial charge in [0.25, 0.3) is 0 Å². The van der Waals surface area contributed by atoms with Gasteiger partial charge in [-0.1, -0.05) is 23.8 Å². The Balaban J connectivity index is 2.40. The first kappa shape index (κ1) is 12.7. The Kier molecular flexibility index (Phi) is 4.99. The van der Waals surface area contributed by atoms with Gasteiger partial charge in [-0.3, -0.25) is 4.79 Å². The van der Waals surface area contributed by atoms with Gasteiger partial charge >= 0.3 is 5.97 Å². The largest absolute Gasteiger partial charge is 0.465 e. The molecule has 0 atom stereocenters. The van der Waals surface area contributed by atoms with Crippen LogP contribution in [0.5, 0.6) is 0 Å². The Morgan fingerprint density at radius 2 is 2.12 bits per heavy atom. The number of rotatable bonds is 5. The third-order valence-corrected chi connectivity index (χ3v) is 2.39. The lowest BCUT2D eigenvalue weighted by atomic mass is 10.1. The predicted molar refractivity (Wildman–Crippen MR) is 64.3 cm³/mol. The fourth-order valence-corrected chi connectivity index (χ4v) is 1.56. The monoisotopic (exact) mass is 221 g/mol. The second-order valence-electron chi connectivity index (χ2n) is 3.84. The maximum atomic E-state index is 11.1. The molecule has 0 radical (unpaired) electrons. The molecule has 0 unspecified atom stereocenters. The summed E-state index contributed by atoms with van der Waals surface area (Å²) in [5, 5.41) is 3.07. The van der Waals surface area contributed by atoms with Crippen LogP contribution in [-0.4, -0.2) is 19.1 Å². The van der Waals surface area contributed by atoms with Crippen molar-refractivity contribution >= 4 is 5.97 Å². The number of carbonyl (C=O) groups is 1. The van der Waals surface area contributed by atoms with Crippen LogP contribution >= 0.6 is 0 Å². The summed E-state index contributed by atoms with van der Waals surface area (Å²) in [6, 6.07) is 6.30. The minimum Gasteiger partial charge on any atom is -0.465 e. The lowest BCUT2D eigenvalue weighted by Crippen LogP contribution is -2.24. The summed E-state index contributed by atoms with van der Waals surface area (Å²) in [7, 11) is 0. The molecule has 0 aromatic heterocycles. The third kappa shape index (κ3) is 4.03. The average molecular weight is 221 g/mol. The first-order valence-corrected chi connectivity index (χ1v) is 5.56. The number of benzene rings is 1. The third-order valence-electron chi connectivity index (χ3n) is 2.39. The number of esters is 1. The van der Waals surface area contributed by atoms with Gasteiger partial charge in [0.1, 0.15) is 0 Å². The maximum Gasteiger partial charge on any atom is 0.319 e. The highest BCUT2D eigenvalue weighted by Crippen LogP contribution is 2.09. The average Bonchev–Trinajstić information content (AvgIpc) is 2.22. The number of aryl methyl sites for hydroxylation is 2. The van der Waals surface area contributed by atoms with Gasteiger partial charge in [-0.05, 0) is 31.9 Å². The zero-order chi connectivity index (χ0) is 12.0. The molecule has 88 valence electrons. The highest BCUT2D eigenvalue weighted by Gasteiger charge is 2.02. The Bertz CT molecular complexity index is 361. The molecule has 0 aliphatic carbocycles. The Hall–Kier alpha value is -1.35. The van der Waals surface area contributed by atoms with Gasteiger partial charge in [-0.25, -0.2) is 0 Å². The smallest absolute Gasteiger partial charge is 0.319 e. The summed E-state index contributed by atoms with van der Waals surface area (Å²) in [6.45, 7) is 7.36. The molecule has 1 rings (SSSR count). The highest BCUT2D eigenvalue weighted by molar-refractivity contribution is 5.71. The lowest BCUT2D eigenvalue weighted by molar-refractivity contribution is -0.142. The molecule has 1 aromatic rings. The van der Waals surface area contributed by atoms with Crippen molar-refractivity contribution in [1.29, 1.82) is 0 Å². The van der Waals surface area contributed by atoms with Crippen molar-refractivity contribution in [3.8, 4) is 0 Å². The first-order chi connectivity index (χ1) is 7.63. The Morgan fingerprint density at radius 1 is 1.38 bits per heavy atom. The number of hydrogen-bond donors (Lipinski definition) is 1. The minimum absolute atomic E-state index is 0.202. The molecule has 0 spiro atoms. The van der Waals surface area contributed by atoms with Crippen molar-refractivity contribution in [3.63, 3.8) is 0 Å². The summed E-state index contributed by atoms with van der Waals surface area (Å²) in [5.41, 5.74) is 3.72. The van der Waals surface area contributed by atoms with Crippen molar-refractivity contribution in [2.24, 2.45) is 0 Å². The number of nitrogens with one attached hydrogen (secondary N) is 1. The quantitative estimate of drug-likeness (QED) is 0.772. The first-order valence-electron chi connectivity index (χ1n) is 5.56. The van der Waals surface area contributed by atoms with E-state index in [1.165, 1.54) is 16.7 Å². The zero-order valence-corrected chi connectivity index (χ0v) is 10.2. The molecule has 0 saturated carbocycles. The molecule has 3 heteroatoms. The van der Waals surface area contributed by atoms with Gasteiger partial charge in [0.2, 0.25) is 0 Å². The SMILES string of the molecule is CCOC(=O)CNCc1ccc(C)cc1C. The van der Waals surface area contributed by atoms with Gasteiger partial charge in [0, 0.05) is 6.54 Å². The van der Waals surface area contributed by atoms with Gasteiger partial charge in [-0.2, -0.15) is 0 Å². The van der Waals surface area contributed by atoms with E-state index in [1.54, 1.807) is 0 Å². The molecule has 0 amide bonds. The van der Waals surface area contributed by atoms with Crippen LogP contribution in [0.15, 0.2) is 18.2 Å². The number of hydrogen-bond acceptors (Lipinski definition) is 3. The second-order valence-corrected chi connectivity index (χ2v) is 3.84. The summed E-state index contributed by atoms with van der Waals surface area (Å²) in [5.74, 6) is -0.202. The fourth-order valence-electron chi connectivity index (χ4n) is 1.56. The van der Waals surface area contributed by atoms with Gasteiger partial charge < -0.3 is 10.1 Å². The molecule has 16 heavy (non-hydrogen) atoms. The van der Waals surface area contributed by atoms with Crippen LogP contribution in [0.2, 0.25) is 0 Å². The van der Waals surface area contributed by atoms with Crippen molar-refractivity contribution in [2.45, 2.75) is 27.3 Å². The van der Waals surface area contributed by atoms with E-state index >= 15 is 0 Å². The number of carbonyl (C=O) groups excluding carboxylic acids is 1. The summed E-state index contributed by atoms with van der Waals surface area (Å²) >= 11 is 0. The minimum atomic E-state index is -0.202. The molecular weight excluding hydrogens is 202 g/mol. The van der Waals surface area contributed by atoms with Crippen molar-refractivity contribution in [1.82, 2.24) is 5.32 Å². The molecule has 0 saturated heterocycles. The molecule has 0 bridgehead atoms. The number of ether oxygens (including phenoxy) is 1. The molecular formula is C13H19NO2. The van der Waals surface area contributed by atoms with Crippen LogP contribution in [0, 0.1) is 13.8 Å². The predicted octanol–water partition coefficient (Wildman–Crippen LogP) is 1.96. The van der Waals surface area contributed by atoms with Crippen LogP contribution in [0.1, 0.15) is 23.6 Å². The van der Waals surface area contributed by atoms with Crippen LogP contribution in [0.25, 0.3) is 0 Å². The molecule has 3 nitrogen and oxygen atoms in total. The molecule has 0 aliphatic heterocycles. The Morgan fingerprint density at radius 3 is 2.75 bits per heavy atom. The second kappa shape index (κ2) is 6.28. The highest BCUT2D eigenvalue weighted by atomic mass is 16.5. The van der Waals surface area contributed by atoms with E-state index < -0.39 is 0 Å². The Labute approximate surface area is 96.8 Å². The van der Waals surface area contributed by atoms with Crippen LogP contribution < -0.4 is 5.32 Å². The summed E-state index contributed by atoms with van der Waals surface area (Å²) < 4.78 is 4.83. The summed E-state index contributed by atoms with van der Waals surface area (Å²) in [6.07, 6.45) is 0. The van der Waals surface area contributed by atoms with Crippen LogP contribution in [-0.2, 0) is 16.1 Å². The molecule has 0 heterocycles. The van der Waals surface area contributed by atoms with E-state index in [-0.39, 0.29) is 12.5 Å². The van der Waals surface area contributed by atoms with E-state index in [9.17, 15) is 4.79 Å². The molecule has 0 fully saturated rings. The normalized spacial score (nSPS) is 10.2. The van der Waals surface area contributed by atoms with E-state index in [1.807, 2.05) is 6.92 Å². The lowest BCUT2D eigenvalue weighted by Gasteiger charge is -2.08. The maximum absolute atomic E-state index is 11.1. The van der Waals surface area contributed by atoms with E-state index in [0.29, 0.717) is 13.2 Å². The van der Waals surface area contributed by atoms with Crippen LogP contribution in [0.4, 0.5) is 0 Å². The van der Waals surface area contributed by atoms with Crippen molar-refractivity contribution in [2.75, 3.05) is 13.2 Å². The van der Waals surface area contributed by atoms with E-state index in [0.717, 1.165) is 0 Å². The van der Waals surface area contributed by atoms with Gasteiger partial charge in [0.05, 0.1) is 13.2 Å². The van der Waals surface area contributed by atoms with Crippen molar-refractivity contribution in [3.05, 3.63) is 34.9 Å². The summed E-state index contributed by atoms with van der Waals surface area (Å²) in [4.78, 5) is 11.1. The van der Waals surface area contributed by atoms with Crippen LogP contribution in [0.3, 0.4) is 0 Å². The van der Waals surface area contributed by atoms with E-state index in [4.69, 9.17) is 4.74 Å². The van der Waals surface area contributed by atoms with Gasteiger partial charge in [0.15, 0.2) is 0 Å². The van der Waals surface area contributed by atoms with Crippen molar-refractivity contribution < 1.29 is 9.53 Å². The molecule has 0 aliphatic rings. The molecule has 1 N–H and O–H groups in total. The van der Waals surface area contributed by atoms with Gasteiger partial charge in [-0.15, -0.1) is 0 Å². The standard InChI is InChI=1S/C13H19NO2/c1-4-16-13(15)9-14-8-12-6-5-10(2)7-11(12)3/h5-7,14H,4,8-9H2,1-3H3. The topological polar surface area (TPSA) is 38.3 Å².